The van der Waals surface area contributed by atoms with E-state index in [0.29, 0.717) is 11.1 Å². The van der Waals surface area contributed by atoms with Gasteiger partial charge in [0.2, 0.25) is 0 Å². The highest BCUT2D eigenvalue weighted by Crippen LogP contribution is 2.44. The Morgan fingerprint density at radius 2 is 1.05 bits per heavy atom. The SMILES string of the molecule is COC(=O)C1=C(C(=O)OC)[C@H]2O[C@H]1C(COC(=O)NC1CCCCC1)=C2COC(=O)NC1CCCCC1. The number of esters is 2. The smallest absolute Gasteiger partial charge is 0.407 e. The Balaban J connectivity index is 1.48. The van der Waals surface area contributed by atoms with E-state index in [0.717, 1.165) is 64.2 Å². The van der Waals surface area contributed by atoms with Crippen LogP contribution in [0.1, 0.15) is 64.2 Å². The predicted molar refractivity (Wildman–Crippen MR) is 129 cm³/mol. The number of ether oxygens (including phenoxy) is 5. The fourth-order valence-electron chi connectivity index (χ4n) is 5.59. The summed E-state index contributed by atoms with van der Waals surface area (Å²) in [6, 6.07) is 0.128. The first-order valence-electron chi connectivity index (χ1n) is 13.1. The van der Waals surface area contributed by atoms with Crippen molar-refractivity contribution in [2.45, 2.75) is 88.5 Å². The molecule has 2 heterocycles. The highest BCUT2D eigenvalue weighted by atomic mass is 16.6. The van der Waals surface area contributed by atoms with Crippen molar-refractivity contribution in [1.29, 1.82) is 0 Å². The van der Waals surface area contributed by atoms with Crippen molar-refractivity contribution in [3.63, 3.8) is 0 Å². The molecule has 2 aliphatic carbocycles. The topological polar surface area (TPSA) is 138 Å². The van der Waals surface area contributed by atoms with Gasteiger partial charge in [0.05, 0.1) is 25.4 Å². The average molecular weight is 521 g/mol. The number of nitrogens with one attached hydrogen (secondary N) is 2. The largest absolute Gasteiger partial charge is 0.466 e. The minimum Gasteiger partial charge on any atom is -0.466 e. The quantitative estimate of drug-likeness (QED) is 0.281. The molecule has 2 aliphatic heterocycles. The maximum atomic E-state index is 12.6. The summed E-state index contributed by atoms with van der Waals surface area (Å²) in [4.78, 5) is 50.1. The van der Waals surface area contributed by atoms with Gasteiger partial charge in [0, 0.05) is 23.2 Å². The second-order valence-electron chi connectivity index (χ2n) is 9.87. The molecule has 2 atom stereocenters. The lowest BCUT2D eigenvalue weighted by Crippen LogP contribution is -2.38. The molecule has 2 fully saturated rings. The lowest BCUT2D eigenvalue weighted by atomic mass is 9.86. The van der Waals surface area contributed by atoms with Crippen LogP contribution < -0.4 is 10.6 Å². The molecule has 204 valence electrons. The molecule has 11 heteroatoms. The molecule has 2 amide bonds. The molecule has 0 spiro atoms. The van der Waals surface area contributed by atoms with Crippen molar-refractivity contribution in [2.75, 3.05) is 27.4 Å². The summed E-state index contributed by atoms with van der Waals surface area (Å²) in [6.07, 6.45) is 7.04. The molecule has 2 saturated carbocycles. The van der Waals surface area contributed by atoms with Crippen LogP contribution >= 0.6 is 0 Å². The molecule has 0 unspecified atom stereocenters. The van der Waals surface area contributed by atoms with E-state index in [2.05, 4.69) is 10.6 Å². The van der Waals surface area contributed by atoms with E-state index in [9.17, 15) is 19.2 Å². The van der Waals surface area contributed by atoms with Gasteiger partial charge in [0.1, 0.15) is 25.4 Å². The Bertz CT molecular complexity index is 887. The van der Waals surface area contributed by atoms with Crippen LogP contribution in [0.15, 0.2) is 22.3 Å². The van der Waals surface area contributed by atoms with Crippen molar-refractivity contribution < 1.29 is 42.9 Å². The maximum absolute atomic E-state index is 12.6. The summed E-state index contributed by atoms with van der Waals surface area (Å²) >= 11 is 0. The maximum Gasteiger partial charge on any atom is 0.407 e. The van der Waals surface area contributed by atoms with Crippen molar-refractivity contribution in [3.05, 3.63) is 22.3 Å². The minimum absolute atomic E-state index is 0.000968. The van der Waals surface area contributed by atoms with Crippen molar-refractivity contribution in [2.24, 2.45) is 0 Å². The molecule has 0 aromatic rings. The minimum atomic E-state index is -0.978. The number of alkyl carbamates (subject to hydrolysis) is 2. The van der Waals surface area contributed by atoms with E-state index >= 15 is 0 Å². The van der Waals surface area contributed by atoms with Crippen LogP contribution in [0.5, 0.6) is 0 Å². The predicted octanol–water partition coefficient (Wildman–Crippen LogP) is 2.82. The normalized spacial score (nSPS) is 24.1. The zero-order valence-corrected chi connectivity index (χ0v) is 21.5. The van der Waals surface area contributed by atoms with Gasteiger partial charge in [-0.2, -0.15) is 0 Å². The van der Waals surface area contributed by atoms with E-state index in [-0.39, 0.29) is 36.4 Å². The zero-order chi connectivity index (χ0) is 26.4. The van der Waals surface area contributed by atoms with Gasteiger partial charge in [-0.05, 0) is 25.7 Å². The molecule has 4 rings (SSSR count). The van der Waals surface area contributed by atoms with Crippen molar-refractivity contribution in [1.82, 2.24) is 10.6 Å². The van der Waals surface area contributed by atoms with Gasteiger partial charge in [-0.15, -0.1) is 0 Å². The summed E-state index contributed by atoms with van der Waals surface area (Å²) in [6.45, 7) is -0.394. The van der Waals surface area contributed by atoms with Gasteiger partial charge >= 0.3 is 24.1 Å². The van der Waals surface area contributed by atoms with Crippen LogP contribution in [0.3, 0.4) is 0 Å². The van der Waals surface area contributed by atoms with Crippen LogP contribution in [-0.2, 0) is 33.3 Å². The van der Waals surface area contributed by atoms with Crippen LogP contribution in [0.4, 0.5) is 9.59 Å². The zero-order valence-electron chi connectivity index (χ0n) is 21.5. The van der Waals surface area contributed by atoms with Gasteiger partial charge in [-0.3, -0.25) is 0 Å². The molecule has 0 saturated heterocycles. The highest BCUT2D eigenvalue weighted by molar-refractivity contribution is 6.04. The molecule has 37 heavy (non-hydrogen) atoms. The van der Waals surface area contributed by atoms with Gasteiger partial charge in [-0.1, -0.05) is 38.5 Å². The number of amides is 2. The first-order chi connectivity index (χ1) is 17.9. The first-order valence-corrected chi connectivity index (χ1v) is 13.1. The third-order valence-electron chi connectivity index (χ3n) is 7.51. The lowest BCUT2D eigenvalue weighted by molar-refractivity contribution is -0.139. The Morgan fingerprint density at radius 1 is 0.676 bits per heavy atom. The monoisotopic (exact) mass is 520 g/mol. The molecular weight excluding hydrogens is 484 g/mol. The van der Waals surface area contributed by atoms with Crippen molar-refractivity contribution in [3.8, 4) is 0 Å². The summed E-state index contributed by atoms with van der Waals surface area (Å²) in [5.74, 6) is -1.49. The molecule has 11 nitrogen and oxygen atoms in total. The fraction of sp³-hybridized carbons (Fsp3) is 0.692. The fourth-order valence-corrected chi connectivity index (χ4v) is 5.59. The van der Waals surface area contributed by atoms with Gasteiger partial charge in [-0.25, -0.2) is 19.2 Å². The van der Waals surface area contributed by atoms with E-state index in [1.165, 1.54) is 14.2 Å². The standard InChI is InChI=1S/C26H36N2O9/c1-33-23(29)19-20(24(30)34-2)22-18(14-36-26(32)28-16-11-7-4-8-12-16)17(21(19)37-22)13-35-25(31)27-15-9-5-3-6-10-15/h15-16,21-22H,3-14H2,1-2H3,(H,27,31)(H,28,32)/t21-,22-/m0/s1. The summed E-state index contributed by atoms with van der Waals surface area (Å²) < 4.78 is 26.7. The van der Waals surface area contributed by atoms with Gasteiger partial charge < -0.3 is 34.3 Å². The Morgan fingerprint density at radius 3 is 1.41 bits per heavy atom. The number of methoxy groups -OCH3 is 2. The van der Waals surface area contributed by atoms with E-state index in [4.69, 9.17) is 23.7 Å². The second-order valence-corrected chi connectivity index (χ2v) is 9.87. The number of hydrogen-bond acceptors (Lipinski definition) is 9. The number of carbonyl (C=O) groups excluding carboxylic acids is 4. The molecule has 0 radical (unpaired) electrons. The van der Waals surface area contributed by atoms with Crippen molar-refractivity contribution >= 4 is 24.1 Å². The third kappa shape index (κ3) is 6.26. The van der Waals surface area contributed by atoms with E-state index in [1.54, 1.807) is 0 Å². The number of rotatable bonds is 8. The number of carbonyl (C=O) groups is 4. The molecule has 0 aromatic carbocycles. The Kier molecular flexibility index (Phi) is 9.07. The van der Waals surface area contributed by atoms with Crippen LogP contribution in [0.25, 0.3) is 0 Å². The Hall–Kier alpha value is -3.08. The molecule has 2 N–H and O–H groups in total. The van der Waals surface area contributed by atoms with Crippen LogP contribution in [-0.4, -0.2) is 75.9 Å². The second kappa shape index (κ2) is 12.4. The molecule has 2 bridgehead atoms. The number of hydrogen-bond donors (Lipinski definition) is 2. The Labute approximate surface area is 216 Å². The molecule has 0 aromatic heterocycles. The van der Waals surface area contributed by atoms with Gasteiger partial charge in [0.15, 0.2) is 0 Å². The first kappa shape index (κ1) is 27.0. The van der Waals surface area contributed by atoms with E-state index in [1.807, 2.05) is 0 Å². The highest BCUT2D eigenvalue weighted by Gasteiger charge is 2.52. The molecule has 4 aliphatic rings. The summed E-state index contributed by atoms with van der Waals surface area (Å²) in [7, 11) is 2.40. The van der Waals surface area contributed by atoms with Crippen LogP contribution in [0.2, 0.25) is 0 Å². The summed E-state index contributed by atoms with van der Waals surface area (Å²) in [5.41, 5.74) is 0.895. The molecular formula is C26H36N2O9. The summed E-state index contributed by atoms with van der Waals surface area (Å²) in [5, 5.41) is 5.76. The number of fused-ring (bicyclic) bond motifs is 2. The lowest BCUT2D eigenvalue weighted by Gasteiger charge is -2.24. The van der Waals surface area contributed by atoms with E-state index < -0.39 is 36.3 Å². The van der Waals surface area contributed by atoms with Crippen LogP contribution in [0, 0.1) is 0 Å². The third-order valence-corrected chi connectivity index (χ3v) is 7.51. The van der Waals surface area contributed by atoms with Gasteiger partial charge in [0.25, 0.3) is 0 Å². The average Bonchev–Trinajstić information content (AvgIpc) is 3.47.